The van der Waals surface area contributed by atoms with Gasteiger partial charge in [-0.05, 0) is 50.1 Å². The molecule has 186 valence electrons. The number of hydrogen-bond acceptors (Lipinski definition) is 6. The van der Waals surface area contributed by atoms with Crippen LogP contribution < -0.4 is 16.2 Å². The van der Waals surface area contributed by atoms with Crippen molar-refractivity contribution in [3.8, 4) is 5.75 Å². The van der Waals surface area contributed by atoms with Crippen LogP contribution in [0.25, 0.3) is 0 Å². The molecule has 0 atom stereocenters. The Bertz CT molecular complexity index is 1160. The minimum absolute atomic E-state index is 0.0126. The van der Waals surface area contributed by atoms with Crippen molar-refractivity contribution in [1.29, 1.82) is 0 Å². The van der Waals surface area contributed by atoms with Gasteiger partial charge in [0, 0.05) is 13.2 Å². The molecule has 3 aromatic rings. The summed E-state index contributed by atoms with van der Waals surface area (Å²) in [4.78, 5) is 31.6. The second-order valence-corrected chi connectivity index (χ2v) is 8.73. The zero-order chi connectivity index (χ0) is 25.3. The molecular formula is C26H31FN4O4. The summed E-state index contributed by atoms with van der Waals surface area (Å²) in [6.07, 6.45) is 0.477. The molecule has 1 heterocycles. The van der Waals surface area contributed by atoms with Crippen LogP contribution in [0, 0.1) is 5.82 Å². The van der Waals surface area contributed by atoms with Crippen LogP contribution in [0.15, 0.2) is 59.4 Å². The molecule has 0 fully saturated rings. The largest absolute Gasteiger partial charge is 0.502 e. The van der Waals surface area contributed by atoms with Crippen LogP contribution >= 0.6 is 0 Å². The molecular weight excluding hydrogens is 451 g/mol. The van der Waals surface area contributed by atoms with Crippen LogP contribution in [0.2, 0.25) is 0 Å². The second kappa shape index (κ2) is 12.2. The summed E-state index contributed by atoms with van der Waals surface area (Å²) in [5.74, 6) is -1.06. The number of aromatic amines is 1. The van der Waals surface area contributed by atoms with Crippen LogP contribution in [0.4, 0.5) is 4.39 Å². The van der Waals surface area contributed by atoms with Crippen LogP contribution in [0.3, 0.4) is 0 Å². The van der Waals surface area contributed by atoms with Gasteiger partial charge in [-0.2, -0.15) is 0 Å². The number of hydrogen-bond donors (Lipinski definition) is 4. The zero-order valence-corrected chi connectivity index (χ0v) is 19.9. The highest BCUT2D eigenvalue weighted by molar-refractivity contribution is 5.78. The Labute approximate surface area is 203 Å². The number of ether oxygens (including phenoxy) is 1. The molecule has 3 rings (SSSR count). The van der Waals surface area contributed by atoms with Gasteiger partial charge in [-0.15, -0.1) is 0 Å². The summed E-state index contributed by atoms with van der Waals surface area (Å²) in [5, 5.41) is 16.2. The highest BCUT2D eigenvalue weighted by atomic mass is 19.1. The highest BCUT2D eigenvalue weighted by Gasteiger charge is 2.25. The lowest BCUT2D eigenvalue weighted by atomic mass is 10.0. The fourth-order valence-corrected chi connectivity index (χ4v) is 3.37. The third-order valence-electron chi connectivity index (χ3n) is 5.43. The average molecular weight is 483 g/mol. The lowest BCUT2D eigenvalue weighted by Crippen LogP contribution is -2.40. The Balaban J connectivity index is 1.52. The number of nitrogens with zero attached hydrogens (tertiary/aromatic N) is 1. The fraction of sp³-hybridized carbons (Fsp3) is 0.346. The molecule has 0 saturated carbocycles. The van der Waals surface area contributed by atoms with Crippen molar-refractivity contribution in [2.75, 3.05) is 13.2 Å². The first-order valence-corrected chi connectivity index (χ1v) is 11.4. The monoisotopic (exact) mass is 482 g/mol. The van der Waals surface area contributed by atoms with E-state index in [-0.39, 0.29) is 24.5 Å². The summed E-state index contributed by atoms with van der Waals surface area (Å²) >= 11 is 0. The SMILES string of the molecule is CC(C)(NCCCOCc1ccccc1)c1nc(CC(=O)NCc2ccc(F)cc2)c(O)c(=O)[nH]1. The molecule has 1 aromatic heterocycles. The fourth-order valence-electron chi connectivity index (χ4n) is 3.37. The predicted molar refractivity (Wildman–Crippen MR) is 130 cm³/mol. The van der Waals surface area contributed by atoms with Gasteiger partial charge < -0.3 is 25.5 Å². The average Bonchev–Trinajstić information content (AvgIpc) is 2.84. The molecule has 0 saturated heterocycles. The number of H-pyrrole nitrogens is 1. The van der Waals surface area contributed by atoms with E-state index in [1.807, 2.05) is 44.2 Å². The Kier molecular flexibility index (Phi) is 9.11. The van der Waals surface area contributed by atoms with Crippen molar-refractivity contribution in [2.24, 2.45) is 0 Å². The summed E-state index contributed by atoms with van der Waals surface area (Å²) in [6, 6.07) is 15.7. The summed E-state index contributed by atoms with van der Waals surface area (Å²) in [5.41, 5.74) is 0.396. The van der Waals surface area contributed by atoms with Gasteiger partial charge in [0.15, 0.2) is 0 Å². The lowest BCUT2D eigenvalue weighted by Gasteiger charge is -2.26. The van der Waals surface area contributed by atoms with Crippen molar-refractivity contribution in [2.45, 2.75) is 45.4 Å². The number of benzene rings is 2. The van der Waals surface area contributed by atoms with E-state index in [9.17, 15) is 19.1 Å². The molecule has 9 heteroatoms. The van der Waals surface area contributed by atoms with Crippen molar-refractivity contribution in [1.82, 2.24) is 20.6 Å². The third kappa shape index (κ3) is 8.01. The standard InChI is InChI=1S/C26H31FN4O4/c1-26(2,29-13-6-14-35-17-19-7-4-3-5-8-19)25-30-21(23(33)24(34)31-25)15-22(32)28-16-18-9-11-20(27)12-10-18/h3-5,7-12,29,33H,6,13-17H2,1-2H3,(H,28,32)(H,30,31,34). The molecule has 0 bridgehead atoms. The molecule has 0 aliphatic rings. The van der Waals surface area contributed by atoms with Crippen molar-refractivity contribution in [3.63, 3.8) is 0 Å². The van der Waals surface area contributed by atoms with Gasteiger partial charge in [-0.25, -0.2) is 9.37 Å². The van der Waals surface area contributed by atoms with E-state index in [0.717, 1.165) is 17.5 Å². The summed E-state index contributed by atoms with van der Waals surface area (Å²) < 4.78 is 18.7. The molecule has 1 amide bonds. The number of rotatable bonds is 12. The smallest absolute Gasteiger partial charge is 0.293 e. The maximum Gasteiger partial charge on any atom is 0.293 e. The van der Waals surface area contributed by atoms with Gasteiger partial charge in [0.2, 0.25) is 11.7 Å². The molecule has 8 nitrogen and oxygen atoms in total. The maximum absolute atomic E-state index is 13.0. The first kappa shape index (κ1) is 26.1. The first-order chi connectivity index (χ1) is 16.7. The highest BCUT2D eigenvalue weighted by Crippen LogP contribution is 2.18. The number of nitrogens with one attached hydrogen (secondary N) is 3. The molecule has 0 spiro atoms. The zero-order valence-electron chi connectivity index (χ0n) is 19.9. The van der Waals surface area contributed by atoms with E-state index in [4.69, 9.17) is 4.74 Å². The maximum atomic E-state index is 13.0. The van der Waals surface area contributed by atoms with E-state index in [1.54, 1.807) is 12.1 Å². The normalized spacial score (nSPS) is 11.4. The van der Waals surface area contributed by atoms with Crippen LogP contribution in [-0.2, 0) is 34.6 Å². The van der Waals surface area contributed by atoms with Crippen molar-refractivity contribution >= 4 is 5.91 Å². The molecule has 2 aromatic carbocycles. The van der Waals surface area contributed by atoms with E-state index in [1.165, 1.54) is 12.1 Å². The molecule has 0 unspecified atom stereocenters. The number of halogens is 1. The topological polar surface area (TPSA) is 116 Å². The summed E-state index contributed by atoms with van der Waals surface area (Å²) in [6.45, 7) is 5.62. The Hall–Kier alpha value is -3.56. The van der Waals surface area contributed by atoms with E-state index >= 15 is 0 Å². The van der Waals surface area contributed by atoms with Gasteiger partial charge in [-0.1, -0.05) is 42.5 Å². The van der Waals surface area contributed by atoms with Crippen molar-refractivity contribution in [3.05, 3.63) is 93.4 Å². The van der Waals surface area contributed by atoms with Gasteiger partial charge >= 0.3 is 0 Å². The molecule has 0 radical (unpaired) electrons. The number of amides is 1. The molecule has 0 aliphatic carbocycles. The predicted octanol–water partition coefficient (Wildman–Crippen LogP) is 2.91. The van der Waals surface area contributed by atoms with Crippen molar-refractivity contribution < 1.29 is 19.0 Å². The first-order valence-electron chi connectivity index (χ1n) is 11.4. The quantitative estimate of drug-likeness (QED) is 0.295. The van der Waals surface area contributed by atoms with E-state index in [0.29, 0.717) is 25.6 Å². The van der Waals surface area contributed by atoms with Gasteiger partial charge in [-0.3, -0.25) is 9.59 Å². The van der Waals surface area contributed by atoms with Crippen LogP contribution in [-0.4, -0.2) is 34.1 Å². The van der Waals surface area contributed by atoms with Gasteiger partial charge in [0.05, 0.1) is 24.3 Å². The number of carbonyl (C=O) groups is 1. The minimum atomic E-state index is -0.717. The molecule has 0 aliphatic heterocycles. The Morgan fingerprint density at radius 2 is 1.83 bits per heavy atom. The third-order valence-corrected chi connectivity index (χ3v) is 5.43. The Morgan fingerprint density at radius 3 is 2.54 bits per heavy atom. The number of aromatic hydroxyl groups is 1. The number of carbonyl (C=O) groups excluding carboxylic acids is 1. The van der Waals surface area contributed by atoms with E-state index < -0.39 is 22.8 Å². The minimum Gasteiger partial charge on any atom is -0.502 e. The van der Waals surface area contributed by atoms with E-state index in [2.05, 4.69) is 20.6 Å². The molecule has 35 heavy (non-hydrogen) atoms. The lowest BCUT2D eigenvalue weighted by molar-refractivity contribution is -0.120. The van der Waals surface area contributed by atoms with Gasteiger partial charge in [0.1, 0.15) is 11.6 Å². The number of aromatic nitrogens is 2. The van der Waals surface area contributed by atoms with Gasteiger partial charge in [0.25, 0.3) is 5.56 Å². The Morgan fingerprint density at radius 1 is 1.11 bits per heavy atom. The second-order valence-electron chi connectivity index (χ2n) is 8.73. The summed E-state index contributed by atoms with van der Waals surface area (Å²) in [7, 11) is 0. The van der Waals surface area contributed by atoms with Crippen LogP contribution in [0.1, 0.15) is 42.9 Å². The molecule has 4 N–H and O–H groups in total. The van der Waals surface area contributed by atoms with Crippen LogP contribution in [0.5, 0.6) is 5.75 Å².